The van der Waals surface area contributed by atoms with E-state index in [2.05, 4.69) is 5.32 Å². The lowest BCUT2D eigenvalue weighted by molar-refractivity contribution is -0.162. The zero-order valence-electron chi connectivity index (χ0n) is 11.4. The van der Waals surface area contributed by atoms with Gasteiger partial charge < -0.3 is 10.1 Å². The molecule has 0 heterocycles. The van der Waals surface area contributed by atoms with Crippen LogP contribution in [-0.2, 0) is 14.3 Å². The first kappa shape index (κ1) is 16.1. The third-order valence-electron chi connectivity index (χ3n) is 2.54. The van der Waals surface area contributed by atoms with Crippen molar-refractivity contribution in [3.05, 3.63) is 0 Å². The molecule has 0 unspecified atom stereocenters. The van der Waals surface area contributed by atoms with E-state index in [9.17, 15) is 23.2 Å². The highest BCUT2D eigenvalue weighted by Gasteiger charge is 2.62. The van der Waals surface area contributed by atoms with Crippen LogP contribution in [0.15, 0.2) is 0 Å². The molecule has 0 radical (unpaired) electrons. The Hall–Kier alpha value is -1.93. The van der Waals surface area contributed by atoms with Crippen molar-refractivity contribution in [1.29, 1.82) is 0 Å². The van der Waals surface area contributed by atoms with Gasteiger partial charge in [0.15, 0.2) is 0 Å². The minimum atomic E-state index is -3.05. The van der Waals surface area contributed by atoms with Crippen molar-refractivity contribution in [2.24, 2.45) is 0 Å². The van der Waals surface area contributed by atoms with Crippen LogP contribution in [0.4, 0.5) is 13.6 Å². The first-order valence-corrected chi connectivity index (χ1v) is 5.88. The first-order chi connectivity index (χ1) is 9.00. The molecule has 0 bridgehead atoms. The number of ether oxygens (including phenoxy) is 1. The van der Waals surface area contributed by atoms with Gasteiger partial charge in [-0.05, 0) is 20.8 Å². The Morgan fingerprint density at radius 3 is 2.20 bits per heavy atom. The summed E-state index contributed by atoms with van der Waals surface area (Å²) >= 11 is 0. The zero-order valence-corrected chi connectivity index (χ0v) is 11.4. The number of hydrogen-bond donors (Lipinski definition) is 3. The number of alkyl halides is 2. The van der Waals surface area contributed by atoms with Crippen molar-refractivity contribution in [2.75, 3.05) is 0 Å². The molecule has 7 nitrogen and oxygen atoms in total. The molecule has 1 aliphatic rings. The fourth-order valence-corrected chi connectivity index (χ4v) is 1.85. The maximum Gasteiger partial charge on any atom is 0.408 e. The van der Waals surface area contributed by atoms with Crippen LogP contribution >= 0.6 is 0 Å². The summed E-state index contributed by atoms with van der Waals surface area (Å²) in [5, 5.41) is 2.14. The maximum absolute atomic E-state index is 13.0. The average molecular weight is 293 g/mol. The van der Waals surface area contributed by atoms with E-state index in [4.69, 9.17) is 4.74 Å². The second-order valence-electron chi connectivity index (χ2n) is 5.63. The molecule has 0 aromatic rings. The monoisotopic (exact) mass is 293 g/mol. The van der Waals surface area contributed by atoms with Gasteiger partial charge >= 0.3 is 6.09 Å². The summed E-state index contributed by atoms with van der Waals surface area (Å²) in [7, 11) is 0. The summed E-state index contributed by atoms with van der Waals surface area (Å²) in [4.78, 5) is 33.5. The molecule has 9 heteroatoms. The minimum Gasteiger partial charge on any atom is -0.444 e. The number of alkyl carbamates (subject to hydrolysis) is 1. The van der Waals surface area contributed by atoms with E-state index in [1.807, 2.05) is 10.9 Å². The summed E-state index contributed by atoms with van der Waals surface area (Å²) in [5.41, 5.74) is 1.16. The van der Waals surface area contributed by atoms with Crippen molar-refractivity contribution in [3.8, 4) is 0 Å². The molecule has 0 spiro atoms. The SMILES string of the molecule is CC(C)(C)OC(=O)NC1(C(=O)NNC=O)CC(F)(F)C1. The van der Waals surface area contributed by atoms with Crippen LogP contribution in [0.3, 0.4) is 0 Å². The van der Waals surface area contributed by atoms with Crippen molar-refractivity contribution >= 4 is 18.4 Å². The van der Waals surface area contributed by atoms with Gasteiger partial charge in [-0.2, -0.15) is 0 Å². The zero-order chi connectivity index (χ0) is 15.6. The van der Waals surface area contributed by atoms with Gasteiger partial charge in [-0.1, -0.05) is 0 Å². The molecule has 20 heavy (non-hydrogen) atoms. The Bertz CT molecular complexity index is 412. The van der Waals surface area contributed by atoms with Crippen molar-refractivity contribution in [2.45, 2.75) is 50.7 Å². The smallest absolute Gasteiger partial charge is 0.408 e. The second kappa shape index (κ2) is 5.22. The van der Waals surface area contributed by atoms with E-state index in [1.165, 1.54) is 0 Å². The summed E-state index contributed by atoms with van der Waals surface area (Å²) in [6, 6.07) is 0. The van der Waals surface area contributed by atoms with E-state index in [0.29, 0.717) is 0 Å². The topological polar surface area (TPSA) is 96.5 Å². The second-order valence-corrected chi connectivity index (χ2v) is 5.63. The van der Waals surface area contributed by atoms with E-state index in [0.717, 1.165) is 0 Å². The molecular weight excluding hydrogens is 276 g/mol. The number of hydrazine groups is 1. The highest BCUT2D eigenvalue weighted by molar-refractivity contribution is 5.91. The van der Waals surface area contributed by atoms with Crippen LogP contribution in [-0.4, -0.2) is 35.5 Å². The molecule has 1 rings (SSSR count). The molecule has 1 saturated carbocycles. The van der Waals surface area contributed by atoms with Crippen LogP contribution in [0, 0.1) is 0 Å². The number of carbonyl (C=O) groups is 3. The van der Waals surface area contributed by atoms with E-state index in [-0.39, 0.29) is 6.41 Å². The van der Waals surface area contributed by atoms with Gasteiger partial charge in [0.05, 0.1) is 0 Å². The fourth-order valence-electron chi connectivity index (χ4n) is 1.85. The third-order valence-corrected chi connectivity index (χ3v) is 2.54. The van der Waals surface area contributed by atoms with Gasteiger partial charge in [0.25, 0.3) is 11.8 Å². The number of nitrogens with one attached hydrogen (secondary N) is 3. The van der Waals surface area contributed by atoms with Crippen LogP contribution in [0.1, 0.15) is 33.6 Å². The minimum absolute atomic E-state index is 0.176. The molecule has 3 N–H and O–H groups in total. The van der Waals surface area contributed by atoms with Gasteiger partial charge in [0.1, 0.15) is 11.1 Å². The van der Waals surface area contributed by atoms with Gasteiger partial charge in [0.2, 0.25) is 6.41 Å². The number of amides is 3. The molecular formula is C11H17F2N3O4. The molecule has 1 fully saturated rings. The molecule has 0 aliphatic heterocycles. The Kier molecular flexibility index (Phi) is 4.21. The van der Waals surface area contributed by atoms with Crippen LogP contribution in [0.2, 0.25) is 0 Å². The largest absolute Gasteiger partial charge is 0.444 e. The summed E-state index contributed by atoms with van der Waals surface area (Å²) < 4.78 is 31.0. The Balaban J connectivity index is 2.73. The number of carbonyl (C=O) groups excluding carboxylic acids is 3. The fraction of sp³-hybridized carbons (Fsp3) is 0.727. The maximum atomic E-state index is 13.0. The quantitative estimate of drug-likeness (QED) is 0.518. The average Bonchev–Trinajstić information content (AvgIpc) is 2.19. The molecule has 0 saturated heterocycles. The molecule has 3 amide bonds. The molecule has 0 atom stereocenters. The third kappa shape index (κ3) is 4.04. The predicted molar refractivity (Wildman–Crippen MR) is 63.6 cm³/mol. The lowest BCUT2D eigenvalue weighted by Gasteiger charge is -2.45. The van der Waals surface area contributed by atoms with Crippen molar-refractivity contribution in [3.63, 3.8) is 0 Å². The predicted octanol–water partition coefficient (Wildman–Crippen LogP) is 0.456. The number of hydrogen-bond acceptors (Lipinski definition) is 4. The van der Waals surface area contributed by atoms with E-state index < -0.39 is 41.9 Å². The highest BCUT2D eigenvalue weighted by Crippen LogP contribution is 2.45. The number of halogens is 2. The van der Waals surface area contributed by atoms with Crippen LogP contribution in [0.5, 0.6) is 0 Å². The lowest BCUT2D eigenvalue weighted by Crippen LogP contribution is -2.70. The van der Waals surface area contributed by atoms with Crippen molar-refractivity contribution < 1.29 is 27.9 Å². The summed E-state index contributed by atoms with van der Waals surface area (Å²) in [5.74, 6) is -3.98. The van der Waals surface area contributed by atoms with E-state index >= 15 is 0 Å². The first-order valence-electron chi connectivity index (χ1n) is 5.88. The van der Waals surface area contributed by atoms with Crippen LogP contribution < -0.4 is 16.2 Å². The highest BCUT2D eigenvalue weighted by atomic mass is 19.3. The van der Waals surface area contributed by atoms with Gasteiger partial charge in [-0.25, -0.2) is 13.6 Å². The molecule has 0 aromatic carbocycles. The Labute approximate surface area is 114 Å². The van der Waals surface area contributed by atoms with Gasteiger partial charge in [-0.3, -0.25) is 20.4 Å². The molecule has 1 aliphatic carbocycles. The normalized spacial score (nSPS) is 19.2. The summed E-state index contributed by atoms with van der Waals surface area (Å²) in [6.45, 7) is 4.80. The molecule has 0 aromatic heterocycles. The Morgan fingerprint density at radius 2 is 1.80 bits per heavy atom. The van der Waals surface area contributed by atoms with Crippen molar-refractivity contribution in [1.82, 2.24) is 16.2 Å². The van der Waals surface area contributed by atoms with Crippen LogP contribution in [0.25, 0.3) is 0 Å². The molecule has 114 valence electrons. The summed E-state index contributed by atoms with van der Waals surface area (Å²) in [6.07, 6.45) is -2.51. The van der Waals surface area contributed by atoms with Gasteiger partial charge in [0, 0.05) is 12.8 Å². The number of rotatable bonds is 4. The van der Waals surface area contributed by atoms with E-state index in [1.54, 1.807) is 20.8 Å². The Morgan fingerprint density at radius 1 is 1.25 bits per heavy atom. The standard InChI is InChI=1S/C11H17F2N3O4/c1-9(2,3)20-8(19)15-10(4-11(12,13)5-10)7(18)16-14-6-17/h6H,4-5H2,1-3H3,(H,14,17)(H,15,19)(H,16,18). The lowest BCUT2D eigenvalue weighted by atomic mass is 9.73. The van der Waals surface area contributed by atoms with Gasteiger partial charge in [-0.15, -0.1) is 0 Å².